The van der Waals surface area contributed by atoms with E-state index in [9.17, 15) is 19.7 Å². The number of carboxylic acid groups (broad SMARTS) is 1. The summed E-state index contributed by atoms with van der Waals surface area (Å²) in [5.74, 6) is 4.18. The summed E-state index contributed by atoms with van der Waals surface area (Å²) in [7, 11) is 0. The maximum atomic E-state index is 11.0. The van der Waals surface area contributed by atoms with Gasteiger partial charge in [0.15, 0.2) is 5.12 Å². The van der Waals surface area contributed by atoms with Crippen molar-refractivity contribution in [1.29, 1.82) is 0 Å². The molecule has 1 aromatic carbocycles. The maximum absolute atomic E-state index is 11.0. The Morgan fingerprint density at radius 2 is 2.16 bits per heavy atom. The molecule has 0 saturated heterocycles. The second kappa shape index (κ2) is 6.56. The third kappa shape index (κ3) is 4.44. The van der Waals surface area contributed by atoms with Gasteiger partial charge < -0.3 is 5.11 Å². The van der Waals surface area contributed by atoms with Crippen LogP contribution in [0.5, 0.6) is 0 Å². The lowest BCUT2D eigenvalue weighted by atomic mass is 10.1. The second-order valence-corrected chi connectivity index (χ2v) is 4.53. The minimum Gasteiger partial charge on any atom is -0.478 e. The predicted molar refractivity (Wildman–Crippen MR) is 70.1 cm³/mol. The third-order valence-electron chi connectivity index (χ3n) is 2.02. The Morgan fingerprint density at radius 3 is 2.68 bits per heavy atom. The summed E-state index contributed by atoms with van der Waals surface area (Å²) in [6.45, 7) is 1.40. The molecule has 7 heteroatoms. The first-order valence-electron chi connectivity index (χ1n) is 5.05. The van der Waals surface area contributed by atoms with E-state index in [1.807, 2.05) is 0 Å². The van der Waals surface area contributed by atoms with Crippen molar-refractivity contribution >= 4 is 28.5 Å². The number of non-ortho nitro benzene ring substituents is 1. The summed E-state index contributed by atoms with van der Waals surface area (Å²) < 4.78 is 0. The highest BCUT2D eigenvalue weighted by atomic mass is 32.2. The lowest BCUT2D eigenvalue weighted by Gasteiger charge is -1.99. The fourth-order valence-electron chi connectivity index (χ4n) is 1.20. The van der Waals surface area contributed by atoms with Gasteiger partial charge in [-0.2, -0.15) is 0 Å². The molecule has 1 N–H and O–H groups in total. The van der Waals surface area contributed by atoms with Crippen molar-refractivity contribution in [3.05, 3.63) is 39.4 Å². The smallest absolute Gasteiger partial charge is 0.337 e. The van der Waals surface area contributed by atoms with Crippen LogP contribution in [0.4, 0.5) is 5.69 Å². The zero-order valence-corrected chi connectivity index (χ0v) is 10.7. The molecule has 98 valence electrons. The fourth-order valence-corrected chi connectivity index (χ4v) is 1.55. The Bertz CT molecular complexity index is 600. The number of nitro benzene ring substituents is 1. The molecule has 0 radical (unpaired) electrons. The lowest BCUT2D eigenvalue weighted by molar-refractivity contribution is -0.384. The zero-order chi connectivity index (χ0) is 14.4. The van der Waals surface area contributed by atoms with Gasteiger partial charge in [0.25, 0.3) is 5.69 Å². The molecular weight excluding hydrogens is 270 g/mol. The van der Waals surface area contributed by atoms with E-state index in [2.05, 4.69) is 11.8 Å². The van der Waals surface area contributed by atoms with Crippen LogP contribution >= 0.6 is 11.8 Å². The molecule has 19 heavy (non-hydrogen) atoms. The number of nitro groups is 1. The predicted octanol–water partition coefficient (Wildman–Crippen LogP) is 1.92. The molecule has 0 aliphatic carbocycles. The molecule has 0 aliphatic rings. The lowest BCUT2D eigenvalue weighted by Crippen LogP contribution is -2.01. The van der Waals surface area contributed by atoms with Crippen LogP contribution in [0, 0.1) is 22.0 Å². The van der Waals surface area contributed by atoms with E-state index < -0.39 is 10.9 Å². The summed E-state index contributed by atoms with van der Waals surface area (Å²) in [5, 5.41) is 19.4. The summed E-state index contributed by atoms with van der Waals surface area (Å²) in [5.41, 5.74) is -0.349. The van der Waals surface area contributed by atoms with E-state index in [4.69, 9.17) is 5.11 Å². The van der Waals surface area contributed by atoms with Gasteiger partial charge in [0.2, 0.25) is 0 Å². The minimum atomic E-state index is -1.28. The molecule has 0 aromatic heterocycles. The van der Waals surface area contributed by atoms with Crippen LogP contribution < -0.4 is 0 Å². The molecule has 0 bridgehead atoms. The van der Waals surface area contributed by atoms with E-state index in [0.717, 1.165) is 17.8 Å². The van der Waals surface area contributed by atoms with Crippen LogP contribution in [0.25, 0.3) is 0 Å². The van der Waals surface area contributed by atoms with Gasteiger partial charge in [0.05, 0.1) is 16.2 Å². The molecule has 0 amide bonds. The molecule has 6 nitrogen and oxygen atoms in total. The van der Waals surface area contributed by atoms with Crippen LogP contribution in [0.2, 0.25) is 0 Å². The van der Waals surface area contributed by atoms with Gasteiger partial charge in [0.1, 0.15) is 0 Å². The number of hydrogen-bond donors (Lipinski definition) is 1. The van der Waals surface area contributed by atoms with Gasteiger partial charge in [-0.05, 0) is 6.07 Å². The number of benzene rings is 1. The quantitative estimate of drug-likeness (QED) is 0.515. The first kappa shape index (κ1) is 14.7. The van der Waals surface area contributed by atoms with E-state index in [1.54, 1.807) is 0 Å². The Morgan fingerprint density at radius 1 is 1.47 bits per heavy atom. The molecule has 0 fully saturated rings. The Kier molecular flexibility index (Phi) is 5.09. The van der Waals surface area contributed by atoms with Crippen molar-refractivity contribution < 1.29 is 19.6 Å². The number of nitrogens with zero attached hydrogens (tertiary/aromatic N) is 1. The molecule has 0 saturated carbocycles. The molecule has 0 heterocycles. The Balaban J connectivity index is 3.03. The van der Waals surface area contributed by atoms with Crippen molar-refractivity contribution in [3.8, 4) is 11.8 Å². The molecular formula is C12H9NO5S. The highest BCUT2D eigenvalue weighted by molar-refractivity contribution is 8.13. The molecule has 1 rings (SSSR count). The number of carbonyl (C=O) groups is 2. The monoisotopic (exact) mass is 279 g/mol. The standard InChI is InChI=1S/C12H9NO5S/c1-8(14)19-6-2-3-9-4-5-10(13(17)18)7-11(9)12(15)16/h4-5,7H,6H2,1H3,(H,15,16). The van der Waals surface area contributed by atoms with Crippen LogP contribution in [0.15, 0.2) is 18.2 Å². The van der Waals surface area contributed by atoms with E-state index in [1.165, 1.54) is 19.1 Å². The molecule has 0 spiro atoms. The van der Waals surface area contributed by atoms with Crippen molar-refractivity contribution in [3.63, 3.8) is 0 Å². The molecule has 0 aliphatic heterocycles. The normalized spacial score (nSPS) is 9.32. The van der Waals surface area contributed by atoms with Gasteiger partial charge in [-0.15, -0.1) is 0 Å². The zero-order valence-electron chi connectivity index (χ0n) is 9.87. The number of thioether (sulfide) groups is 1. The Hall–Kier alpha value is -2.33. The number of carboxylic acids is 1. The van der Waals surface area contributed by atoms with Gasteiger partial charge in [0, 0.05) is 24.6 Å². The summed E-state index contributed by atoms with van der Waals surface area (Å²) >= 11 is 1.00. The first-order valence-corrected chi connectivity index (χ1v) is 6.04. The number of carbonyl (C=O) groups excluding carboxylic acids is 1. The fraction of sp³-hybridized carbons (Fsp3) is 0.167. The minimum absolute atomic E-state index is 0.0866. The van der Waals surface area contributed by atoms with E-state index in [-0.39, 0.29) is 27.7 Å². The third-order valence-corrected chi connectivity index (χ3v) is 2.71. The van der Waals surface area contributed by atoms with Crippen molar-refractivity contribution in [1.82, 2.24) is 0 Å². The van der Waals surface area contributed by atoms with Crippen LogP contribution in [0.1, 0.15) is 22.8 Å². The van der Waals surface area contributed by atoms with Crippen LogP contribution in [0.3, 0.4) is 0 Å². The number of hydrogen-bond acceptors (Lipinski definition) is 5. The van der Waals surface area contributed by atoms with Crippen molar-refractivity contribution in [2.75, 3.05) is 5.75 Å². The van der Waals surface area contributed by atoms with Crippen LogP contribution in [-0.2, 0) is 4.79 Å². The molecule has 0 unspecified atom stereocenters. The molecule has 1 aromatic rings. The van der Waals surface area contributed by atoms with Crippen molar-refractivity contribution in [2.45, 2.75) is 6.92 Å². The highest BCUT2D eigenvalue weighted by Gasteiger charge is 2.14. The Labute approximate surface area is 113 Å². The maximum Gasteiger partial charge on any atom is 0.337 e. The van der Waals surface area contributed by atoms with E-state index >= 15 is 0 Å². The van der Waals surface area contributed by atoms with Crippen LogP contribution in [-0.4, -0.2) is 26.9 Å². The summed E-state index contributed by atoms with van der Waals surface area (Å²) in [4.78, 5) is 31.6. The summed E-state index contributed by atoms with van der Waals surface area (Å²) in [6.07, 6.45) is 0. The largest absolute Gasteiger partial charge is 0.478 e. The number of aromatic carboxylic acids is 1. The average molecular weight is 279 g/mol. The molecule has 0 atom stereocenters. The second-order valence-electron chi connectivity index (χ2n) is 3.37. The van der Waals surface area contributed by atoms with Gasteiger partial charge in [-0.1, -0.05) is 23.6 Å². The highest BCUT2D eigenvalue weighted by Crippen LogP contribution is 2.17. The van der Waals surface area contributed by atoms with Crippen molar-refractivity contribution in [2.24, 2.45) is 0 Å². The average Bonchev–Trinajstić information content (AvgIpc) is 2.34. The van der Waals surface area contributed by atoms with Gasteiger partial charge in [-0.25, -0.2) is 4.79 Å². The van der Waals surface area contributed by atoms with Gasteiger partial charge >= 0.3 is 5.97 Å². The first-order chi connectivity index (χ1) is 8.91. The number of rotatable bonds is 3. The van der Waals surface area contributed by atoms with E-state index in [0.29, 0.717) is 0 Å². The topological polar surface area (TPSA) is 97.5 Å². The summed E-state index contributed by atoms with van der Waals surface area (Å²) in [6, 6.07) is 3.44. The SMILES string of the molecule is CC(=O)SCC#Cc1ccc([N+](=O)[O-])cc1C(=O)O. The van der Waals surface area contributed by atoms with Gasteiger partial charge in [-0.3, -0.25) is 14.9 Å².